The van der Waals surface area contributed by atoms with Crippen molar-refractivity contribution in [3.05, 3.63) is 0 Å². The van der Waals surface area contributed by atoms with Crippen LogP contribution < -0.4 is 10.6 Å². The number of rotatable bonds is 7. The van der Waals surface area contributed by atoms with Crippen LogP contribution in [0.1, 0.15) is 52.4 Å². The van der Waals surface area contributed by atoms with Crippen molar-refractivity contribution in [3.8, 4) is 0 Å². The second-order valence-corrected chi connectivity index (χ2v) is 4.88. The molecule has 1 aliphatic rings. The van der Waals surface area contributed by atoms with Gasteiger partial charge in [0.25, 0.3) is 0 Å². The van der Waals surface area contributed by atoms with Crippen LogP contribution in [0.5, 0.6) is 0 Å². The molecule has 0 aliphatic carbocycles. The van der Waals surface area contributed by atoms with Crippen molar-refractivity contribution in [2.45, 2.75) is 58.4 Å². The molecular weight excluding hydrogens is 200 g/mol. The smallest absolute Gasteiger partial charge is 0.220 e. The number of unbranched alkanes of at least 4 members (excludes halogenated alkanes) is 1. The Morgan fingerprint density at radius 2 is 2.31 bits per heavy atom. The summed E-state index contributed by atoms with van der Waals surface area (Å²) in [4.78, 5) is 11.8. The summed E-state index contributed by atoms with van der Waals surface area (Å²) in [6.07, 6.45) is 6.59. The number of amides is 1. The van der Waals surface area contributed by atoms with E-state index in [1.807, 2.05) is 0 Å². The Hall–Kier alpha value is -0.570. The van der Waals surface area contributed by atoms with Gasteiger partial charge in [-0.15, -0.1) is 0 Å². The maximum atomic E-state index is 11.8. The molecule has 1 saturated heterocycles. The van der Waals surface area contributed by atoms with E-state index in [1.165, 1.54) is 19.3 Å². The number of carbonyl (C=O) groups is 1. The third-order valence-electron chi connectivity index (χ3n) is 3.44. The zero-order valence-corrected chi connectivity index (χ0v) is 10.7. The fraction of sp³-hybridized carbons (Fsp3) is 0.923. The Balaban J connectivity index is 2.19. The average molecular weight is 226 g/mol. The molecule has 3 nitrogen and oxygen atoms in total. The first-order chi connectivity index (χ1) is 7.76. The first kappa shape index (κ1) is 13.5. The summed E-state index contributed by atoms with van der Waals surface area (Å²) >= 11 is 0. The third kappa shape index (κ3) is 4.97. The fourth-order valence-corrected chi connectivity index (χ4v) is 2.27. The van der Waals surface area contributed by atoms with Gasteiger partial charge in [0, 0.05) is 19.0 Å². The molecule has 0 aromatic rings. The predicted molar refractivity (Wildman–Crippen MR) is 67.3 cm³/mol. The highest BCUT2D eigenvalue weighted by atomic mass is 16.1. The van der Waals surface area contributed by atoms with Crippen molar-refractivity contribution >= 4 is 5.91 Å². The van der Waals surface area contributed by atoms with Gasteiger partial charge in [0.2, 0.25) is 5.91 Å². The molecule has 1 rings (SSSR count). The fourth-order valence-electron chi connectivity index (χ4n) is 2.27. The number of hydrogen-bond donors (Lipinski definition) is 2. The molecule has 16 heavy (non-hydrogen) atoms. The molecule has 3 heteroatoms. The van der Waals surface area contributed by atoms with E-state index in [0.29, 0.717) is 18.4 Å². The summed E-state index contributed by atoms with van der Waals surface area (Å²) in [7, 11) is 0. The van der Waals surface area contributed by atoms with Crippen molar-refractivity contribution in [3.63, 3.8) is 0 Å². The van der Waals surface area contributed by atoms with Gasteiger partial charge in [-0.3, -0.25) is 4.79 Å². The van der Waals surface area contributed by atoms with Gasteiger partial charge in [0.1, 0.15) is 0 Å². The second-order valence-electron chi connectivity index (χ2n) is 4.88. The Bertz CT molecular complexity index is 200. The van der Waals surface area contributed by atoms with Crippen LogP contribution in [0.2, 0.25) is 0 Å². The van der Waals surface area contributed by atoms with Gasteiger partial charge in [0.15, 0.2) is 0 Å². The monoisotopic (exact) mass is 226 g/mol. The zero-order chi connectivity index (χ0) is 11.8. The minimum atomic E-state index is 0.247. The van der Waals surface area contributed by atoms with Gasteiger partial charge in [-0.05, 0) is 25.3 Å². The molecule has 2 unspecified atom stereocenters. The molecule has 1 aliphatic heterocycles. The lowest BCUT2D eigenvalue weighted by atomic mass is 9.95. The summed E-state index contributed by atoms with van der Waals surface area (Å²) in [6.45, 7) is 6.37. The molecule has 0 spiro atoms. The molecule has 0 aromatic carbocycles. The lowest BCUT2D eigenvalue weighted by Crippen LogP contribution is -2.37. The minimum Gasteiger partial charge on any atom is -0.352 e. The quantitative estimate of drug-likeness (QED) is 0.698. The summed E-state index contributed by atoms with van der Waals surface area (Å²) < 4.78 is 0. The summed E-state index contributed by atoms with van der Waals surface area (Å²) in [6, 6.07) is 0.371. The molecule has 1 amide bonds. The lowest BCUT2D eigenvalue weighted by molar-refractivity contribution is -0.122. The van der Waals surface area contributed by atoms with E-state index in [2.05, 4.69) is 24.5 Å². The highest BCUT2D eigenvalue weighted by Crippen LogP contribution is 2.16. The van der Waals surface area contributed by atoms with Crippen molar-refractivity contribution in [2.24, 2.45) is 5.92 Å². The zero-order valence-electron chi connectivity index (χ0n) is 10.7. The van der Waals surface area contributed by atoms with Gasteiger partial charge in [0.05, 0.1) is 0 Å². The Morgan fingerprint density at radius 3 is 2.88 bits per heavy atom. The largest absolute Gasteiger partial charge is 0.352 e. The van der Waals surface area contributed by atoms with Crippen molar-refractivity contribution < 1.29 is 4.79 Å². The Kier molecular flexibility index (Phi) is 6.46. The average Bonchev–Trinajstić information content (AvgIpc) is 2.76. The van der Waals surface area contributed by atoms with Crippen LogP contribution in [-0.2, 0) is 4.79 Å². The van der Waals surface area contributed by atoms with Gasteiger partial charge in [-0.1, -0.05) is 33.1 Å². The van der Waals surface area contributed by atoms with E-state index in [0.717, 1.165) is 25.9 Å². The molecule has 1 fully saturated rings. The standard InChI is InChI=1S/C13H26N2O/c1-3-5-6-11(4-2)9-13(16)15-12-7-8-14-10-12/h11-12,14H,3-10H2,1-2H3,(H,15,16). The summed E-state index contributed by atoms with van der Waals surface area (Å²) in [5.41, 5.74) is 0. The van der Waals surface area contributed by atoms with Gasteiger partial charge in [-0.25, -0.2) is 0 Å². The highest BCUT2D eigenvalue weighted by molar-refractivity contribution is 5.76. The van der Waals surface area contributed by atoms with Crippen molar-refractivity contribution in [2.75, 3.05) is 13.1 Å². The maximum Gasteiger partial charge on any atom is 0.220 e. The van der Waals surface area contributed by atoms with E-state index in [1.54, 1.807) is 0 Å². The van der Waals surface area contributed by atoms with Crippen molar-refractivity contribution in [1.82, 2.24) is 10.6 Å². The van der Waals surface area contributed by atoms with Crippen molar-refractivity contribution in [1.29, 1.82) is 0 Å². The molecule has 1 heterocycles. The lowest BCUT2D eigenvalue weighted by Gasteiger charge is -2.16. The molecule has 0 radical (unpaired) electrons. The van der Waals surface area contributed by atoms with E-state index in [9.17, 15) is 4.79 Å². The van der Waals surface area contributed by atoms with Gasteiger partial charge < -0.3 is 10.6 Å². The number of hydrogen-bond acceptors (Lipinski definition) is 2. The molecular formula is C13H26N2O. The minimum absolute atomic E-state index is 0.247. The number of nitrogens with one attached hydrogen (secondary N) is 2. The Morgan fingerprint density at radius 1 is 1.50 bits per heavy atom. The molecule has 0 aromatic heterocycles. The van der Waals surface area contributed by atoms with Crippen LogP contribution in [0, 0.1) is 5.92 Å². The van der Waals surface area contributed by atoms with E-state index in [-0.39, 0.29) is 5.91 Å². The predicted octanol–water partition coefficient (Wildman–Crippen LogP) is 2.07. The molecule has 0 bridgehead atoms. The second kappa shape index (κ2) is 7.66. The first-order valence-electron chi connectivity index (χ1n) is 6.76. The summed E-state index contributed by atoms with van der Waals surface area (Å²) in [5, 5.41) is 6.38. The van der Waals surface area contributed by atoms with Crippen LogP contribution in [0.25, 0.3) is 0 Å². The van der Waals surface area contributed by atoms with Gasteiger partial charge in [-0.2, -0.15) is 0 Å². The van der Waals surface area contributed by atoms with E-state index in [4.69, 9.17) is 0 Å². The first-order valence-corrected chi connectivity index (χ1v) is 6.76. The van der Waals surface area contributed by atoms with Crippen LogP contribution in [0.4, 0.5) is 0 Å². The van der Waals surface area contributed by atoms with E-state index >= 15 is 0 Å². The van der Waals surface area contributed by atoms with Crippen LogP contribution in [0.3, 0.4) is 0 Å². The third-order valence-corrected chi connectivity index (χ3v) is 3.44. The van der Waals surface area contributed by atoms with Gasteiger partial charge >= 0.3 is 0 Å². The highest BCUT2D eigenvalue weighted by Gasteiger charge is 2.18. The van der Waals surface area contributed by atoms with Crippen LogP contribution >= 0.6 is 0 Å². The molecule has 0 saturated carbocycles. The topological polar surface area (TPSA) is 41.1 Å². The molecule has 2 N–H and O–H groups in total. The van der Waals surface area contributed by atoms with Crippen LogP contribution in [0.15, 0.2) is 0 Å². The SMILES string of the molecule is CCCCC(CC)CC(=O)NC1CCNC1. The molecule has 94 valence electrons. The normalized spacial score (nSPS) is 22.0. The Labute approximate surface area is 99.4 Å². The van der Waals surface area contributed by atoms with Crippen LogP contribution in [-0.4, -0.2) is 25.0 Å². The summed E-state index contributed by atoms with van der Waals surface area (Å²) in [5.74, 6) is 0.825. The molecule has 2 atom stereocenters. The van der Waals surface area contributed by atoms with E-state index < -0.39 is 0 Å². The maximum absolute atomic E-state index is 11.8. The number of carbonyl (C=O) groups excluding carboxylic acids is 1.